The van der Waals surface area contributed by atoms with Gasteiger partial charge < -0.3 is 20.1 Å². The molecule has 0 radical (unpaired) electrons. The molecule has 0 saturated carbocycles. The van der Waals surface area contributed by atoms with E-state index >= 15 is 0 Å². The summed E-state index contributed by atoms with van der Waals surface area (Å²) in [6.07, 6.45) is 7.40. The summed E-state index contributed by atoms with van der Waals surface area (Å²) >= 11 is 0. The average molecular weight is 361 g/mol. The van der Waals surface area contributed by atoms with Gasteiger partial charge in [0.2, 0.25) is 11.8 Å². The standard InChI is InChI=1S/C19H31N5O2/c1-14(2)11-16-19(26)24(10-7-20-16)13-18(25)23-8-3-15(4-9-23)12-17-21-5-6-22-17/h5-6,14-16,20H,3-4,7-13H2,1-2H3,(H,21,22)/t16-/m0/s1. The van der Waals surface area contributed by atoms with E-state index in [1.165, 1.54) is 0 Å². The van der Waals surface area contributed by atoms with Crippen molar-refractivity contribution in [2.45, 2.75) is 45.6 Å². The Labute approximate surface area is 155 Å². The van der Waals surface area contributed by atoms with E-state index in [2.05, 4.69) is 29.1 Å². The van der Waals surface area contributed by atoms with Gasteiger partial charge in [-0.15, -0.1) is 0 Å². The van der Waals surface area contributed by atoms with Gasteiger partial charge in [0.05, 0.1) is 12.6 Å². The predicted octanol–water partition coefficient (Wildman–Crippen LogP) is 1.04. The van der Waals surface area contributed by atoms with Crippen molar-refractivity contribution in [2.24, 2.45) is 11.8 Å². The number of aromatic nitrogens is 2. The minimum Gasteiger partial charge on any atom is -0.349 e. The molecule has 144 valence electrons. The van der Waals surface area contributed by atoms with E-state index in [-0.39, 0.29) is 24.4 Å². The number of nitrogens with one attached hydrogen (secondary N) is 2. The maximum absolute atomic E-state index is 12.7. The summed E-state index contributed by atoms with van der Waals surface area (Å²) in [6, 6.07) is -0.143. The molecule has 2 saturated heterocycles. The van der Waals surface area contributed by atoms with Gasteiger partial charge >= 0.3 is 0 Å². The number of hydrogen-bond acceptors (Lipinski definition) is 4. The highest BCUT2D eigenvalue weighted by Crippen LogP contribution is 2.21. The maximum Gasteiger partial charge on any atom is 0.242 e. The summed E-state index contributed by atoms with van der Waals surface area (Å²) in [7, 11) is 0. The number of hydrogen-bond donors (Lipinski definition) is 2. The van der Waals surface area contributed by atoms with Crippen molar-refractivity contribution in [1.29, 1.82) is 0 Å². The van der Waals surface area contributed by atoms with Crippen LogP contribution in [0.25, 0.3) is 0 Å². The number of imidazole rings is 1. The van der Waals surface area contributed by atoms with Crippen molar-refractivity contribution >= 4 is 11.8 Å². The van der Waals surface area contributed by atoms with Gasteiger partial charge in [-0.3, -0.25) is 9.59 Å². The fraction of sp³-hybridized carbons (Fsp3) is 0.737. The molecule has 0 aliphatic carbocycles. The second-order valence-electron chi connectivity index (χ2n) is 7.96. The molecule has 2 N–H and O–H groups in total. The first kappa shape index (κ1) is 18.9. The summed E-state index contributed by atoms with van der Waals surface area (Å²) < 4.78 is 0. The predicted molar refractivity (Wildman–Crippen MR) is 99.4 cm³/mol. The monoisotopic (exact) mass is 361 g/mol. The zero-order valence-corrected chi connectivity index (χ0v) is 15.9. The lowest BCUT2D eigenvalue weighted by Crippen LogP contribution is -2.57. The van der Waals surface area contributed by atoms with Crippen LogP contribution in [0.2, 0.25) is 0 Å². The Balaban J connectivity index is 1.45. The third-order valence-electron chi connectivity index (χ3n) is 5.42. The summed E-state index contributed by atoms with van der Waals surface area (Å²) in [6.45, 7) is 7.39. The Hall–Kier alpha value is -1.89. The van der Waals surface area contributed by atoms with Crippen molar-refractivity contribution < 1.29 is 9.59 Å². The van der Waals surface area contributed by atoms with E-state index in [1.54, 1.807) is 11.1 Å². The minimum absolute atomic E-state index is 0.0750. The quantitative estimate of drug-likeness (QED) is 0.793. The second kappa shape index (κ2) is 8.66. The van der Waals surface area contributed by atoms with Crippen LogP contribution in [0, 0.1) is 11.8 Å². The molecule has 2 aliphatic heterocycles. The average Bonchev–Trinajstić information content (AvgIpc) is 3.11. The number of nitrogens with zero attached hydrogens (tertiary/aromatic N) is 3. The number of H-pyrrole nitrogens is 1. The molecule has 1 atom stereocenters. The first-order valence-corrected chi connectivity index (χ1v) is 9.81. The van der Waals surface area contributed by atoms with Crippen LogP contribution in [0.5, 0.6) is 0 Å². The SMILES string of the molecule is CC(C)C[C@@H]1NCCN(CC(=O)N2CCC(Cc3ncc[nH]3)CC2)C1=O. The molecule has 2 aliphatic rings. The van der Waals surface area contributed by atoms with Gasteiger partial charge in [-0.25, -0.2) is 4.98 Å². The van der Waals surface area contributed by atoms with Crippen LogP contribution in [0.3, 0.4) is 0 Å². The van der Waals surface area contributed by atoms with Crippen LogP contribution in [0.15, 0.2) is 12.4 Å². The topological polar surface area (TPSA) is 81.3 Å². The molecule has 0 aromatic carbocycles. The zero-order valence-electron chi connectivity index (χ0n) is 15.9. The van der Waals surface area contributed by atoms with Crippen molar-refractivity contribution in [3.8, 4) is 0 Å². The lowest BCUT2D eigenvalue weighted by Gasteiger charge is -2.36. The van der Waals surface area contributed by atoms with E-state index in [1.807, 2.05) is 11.1 Å². The molecular formula is C19H31N5O2. The molecule has 7 nitrogen and oxygen atoms in total. The van der Waals surface area contributed by atoms with E-state index < -0.39 is 0 Å². The number of piperazine rings is 1. The number of carbonyl (C=O) groups excluding carboxylic acids is 2. The second-order valence-corrected chi connectivity index (χ2v) is 7.96. The number of rotatable bonds is 6. The molecule has 2 fully saturated rings. The van der Waals surface area contributed by atoms with Gasteiger partial charge in [0.1, 0.15) is 5.82 Å². The van der Waals surface area contributed by atoms with Crippen molar-refractivity contribution in [1.82, 2.24) is 25.1 Å². The summed E-state index contributed by atoms with van der Waals surface area (Å²) in [5.41, 5.74) is 0. The Morgan fingerprint density at radius 1 is 1.31 bits per heavy atom. The summed E-state index contributed by atoms with van der Waals surface area (Å²) in [5.74, 6) is 2.21. The van der Waals surface area contributed by atoms with Gasteiger partial charge in [-0.2, -0.15) is 0 Å². The normalized spacial score (nSPS) is 22.3. The number of piperidine rings is 1. The van der Waals surface area contributed by atoms with Crippen LogP contribution in [0.4, 0.5) is 0 Å². The largest absolute Gasteiger partial charge is 0.349 e. The van der Waals surface area contributed by atoms with Gasteiger partial charge in [0.15, 0.2) is 0 Å². The fourth-order valence-corrected chi connectivity index (χ4v) is 3.94. The molecular weight excluding hydrogens is 330 g/mol. The number of aromatic amines is 1. The van der Waals surface area contributed by atoms with E-state index in [0.717, 1.165) is 51.1 Å². The van der Waals surface area contributed by atoms with Crippen LogP contribution >= 0.6 is 0 Å². The highest BCUT2D eigenvalue weighted by atomic mass is 16.2. The Kier molecular flexibility index (Phi) is 6.29. The molecule has 3 heterocycles. The Morgan fingerprint density at radius 3 is 2.73 bits per heavy atom. The first-order valence-electron chi connectivity index (χ1n) is 9.81. The lowest BCUT2D eigenvalue weighted by molar-refractivity contribution is -0.144. The molecule has 1 aromatic rings. The third-order valence-corrected chi connectivity index (χ3v) is 5.42. The van der Waals surface area contributed by atoms with Crippen LogP contribution in [-0.2, 0) is 16.0 Å². The number of amides is 2. The van der Waals surface area contributed by atoms with Gasteiger partial charge in [0, 0.05) is 45.0 Å². The maximum atomic E-state index is 12.7. The molecule has 1 aromatic heterocycles. The molecule has 0 bridgehead atoms. The molecule has 0 unspecified atom stereocenters. The smallest absolute Gasteiger partial charge is 0.242 e. The molecule has 26 heavy (non-hydrogen) atoms. The van der Waals surface area contributed by atoms with Crippen LogP contribution in [0.1, 0.15) is 38.9 Å². The number of likely N-dealkylation sites (tertiary alicyclic amines) is 1. The highest BCUT2D eigenvalue weighted by molar-refractivity contribution is 5.88. The van der Waals surface area contributed by atoms with E-state index in [0.29, 0.717) is 18.4 Å². The Morgan fingerprint density at radius 2 is 2.08 bits per heavy atom. The van der Waals surface area contributed by atoms with Crippen LogP contribution in [-0.4, -0.2) is 70.3 Å². The third kappa shape index (κ3) is 4.84. The van der Waals surface area contributed by atoms with Gasteiger partial charge in [-0.1, -0.05) is 13.8 Å². The molecule has 0 spiro atoms. The molecule has 7 heteroatoms. The van der Waals surface area contributed by atoms with Gasteiger partial charge in [-0.05, 0) is 31.1 Å². The van der Waals surface area contributed by atoms with E-state index in [4.69, 9.17) is 0 Å². The van der Waals surface area contributed by atoms with Gasteiger partial charge in [0.25, 0.3) is 0 Å². The van der Waals surface area contributed by atoms with Crippen molar-refractivity contribution in [3.05, 3.63) is 18.2 Å². The fourth-order valence-electron chi connectivity index (χ4n) is 3.94. The lowest BCUT2D eigenvalue weighted by atomic mass is 9.93. The summed E-state index contributed by atoms with van der Waals surface area (Å²) in [4.78, 5) is 36.4. The Bertz CT molecular complexity index is 593. The van der Waals surface area contributed by atoms with Crippen molar-refractivity contribution in [3.63, 3.8) is 0 Å². The highest BCUT2D eigenvalue weighted by Gasteiger charge is 2.31. The van der Waals surface area contributed by atoms with Crippen LogP contribution < -0.4 is 5.32 Å². The van der Waals surface area contributed by atoms with E-state index in [9.17, 15) is 9.59 Å². The van der Waals surface area contributed by atoms with Crippen molar-refractivity contribution in [2.75, 3.05) is 32.7 Å². The first-order chi connectivity index (χ1) is 12.5. The molecule has 2 amide bonds. The zero-order chi connectivity index (χ0) is 18.5. The number of carbonyl (C=O) groups is 2. The molecule has 3 rings (SSSR count). The minimum atomic E-state index is -0.143. The summed E-state index contributed by atoms with van der Waals surface area (Å²) in [5, 5.41) is 3.28.